The van der Waals surface area contributed by atoms with Gasteiger partial charge >= 0.3 is 0 Å². The minimum absolute atomic E-state index is 0.154. The van der Waals surface area contributed by atoms with Gasteiger partial charge in [-0.2, -0.15) is 0 Å². The molecule has 0 fully saturated rings. The summed E-state index contributed by atoms with van der Waals surface area (Å²) >= 11 is 0. The highest BCUT2D eigenvalue weighted by Gasteiger charge is 2.44. The maximum atomic E-state index is 6.80. The molecule has 0 bridgehead atoms. The van der Waals surface area contributed by atoms with Crippen molar-refractivity contribution in [2.75, 3.05) is 6.54 Å². The van der Waals surface area contributed by atoms with Gasteiger partial charge in [0.05, 0.1) is 23.5 Å². The smallest absolute Gasteiger partial charge is 0.0684 e. The zero-order chi connectivity index (χ0) is 42.0. The number of aliphatic imine (C=N–C) groups is 1. The molecule has 8 rings (SSSR count). The number of benzene rings is 1. The summed E-state index contributed by atoms with van der Waals surface area (Å²) in [6, 6.07) is 9.11. The van der Waals surface area contributed by atoms with Gasteiger partial charge in [0.15, 0.2) is 0 Å². The van der Waals surface area contributed by atoms with Crippen LogP contribution in [0.1, 0.15) is 84.3 Å². The molecular formula is C54H66N6. The average molecular weight is 799 g/mol. The molecule has 5 N–H and O–H groups in total. The summed E-state index contributed by atoms with van der Waals surface area (Å²) in [5.74, 6) is 0.951. The van der Waals surface area contributed by atoms with Crippen molar-refractivity contribution in [2.24, 2.45) is 40.1 Å². The maximum Gasteiger partial charge on any atom is 0.0684 e. The highest BCUT2D eigenvalue weighted by Crippen LogP contribution is 2.48. The summed E-state index contributed by atoms with van der Waals surface area (Å²) in [6.07, 6.45) is 52.3. The van der Waals surface area contributed by atoms with Crippen LogP contribution in [0.25, 0.3) is 5.57 Å². The van der Waals surface area contributed by atoms with Crippen LogP contribution < -0.4 is 16.8 Å². The Balaban J connectivity index is 0.00000268. The first-order valence-corrected chi connectivity index (χ1v) is 22.5. The molecule has 312 valence electrons. The summed E-state index contributed by atoms with van der Waals surface area (Å²) in [5.41, 5.74) is 26.2. The highest BCUT2D eigenvalue weighted by atomic mass is 15.3. The Morgan fingerprint density at radius 1 is 0.900 bits per heavy atom. The molecule has 0 aromatic heterocycles. The average Bonchev–Trinajstić information content (AvgIpc) is 3.46. The molecular weight excluding hydrogens is 733 g/mol. The van der Waals surface area contributed by atoms with E-state index in [1.165, 1.54) is 50.8 Å². The number of dihydropyridines is 1. The summed E-state index contributed by atoms with van der Waals surface area (Å²) < 4.78 is 0. The second kappa shape index (κ2) is 20.0. The SMILES string of the molecule is CC.CC=NC1=C(C)N(C2=CC(N3C4=C(NCC=C4)C4C=C(C5C=CCCCC5/C(N)=C/C=C\C)C=CC43)=CCCC2)C2C=CC(c3ccccc3C/C=C\C=C/N)=CC12. The van der Waals surface area contributed by atoms with Crippen LogP contribution in [0.5, 0.6) is 0 Å². The van der Waals surface area contributed by atoms with Crippen molar-refractivity contribution in [3.8, 4) is 0 Å². The molecule has 0 saturated carbocycles. The van der Waals surface area contributed by atoms with Crippen LogP contribution >= 0.6 is 0 Å². The molecule has 0 spiro atoms. The number of nitrogens with zero attached hydrogens (tertiary/aromatic N) is 3. The minimum Gasteiger partial charge on any atom is -0.405 e. The number of nitrogens with two attached hydrogens (primary N) is 2. The van der Waals surface area contributed by atoms with Crippen molar-refractivity contribution in [1.29, 1.82) is 0 Å². The highest BCUT2D eigenvalue weighted by molar-refractivity contribution is 5.78. The molecule has 6 nitrogen and oxygen atoms in total. The largest absolute Gasteiger partial charge is 0.405 e. The first kappa shape index (κ1) is 42.4. The molecule has 6 unspecified atom stereocenters. The van der Waals surface area contributed by atoms with E-state index in [-0.39, 0.29) is 29.8 Å². The lowest BCUT2D eigenvalue weighted by Crippen LogP contribution is -2.35. The fraction of sp³-hybridized carbons (Fsp3) is 0.352. The summed E-state index contributed by atoms with van der Waals surface area (Å²) in [4.78, 5) is 10.3. The molecule has 60 heavy (non-hydrogen) atoms. The maximum absolute atomic E-state index is 6.80. The molecule has 0 amide bonds. The molecule has 4 aliphatic carbocycles. The molecule has 1 aromatic carbocycles. The van der Waals surface area contributed by atoms with Gasteiger partial charge in [-0.25, -0.2) is 0 Å². The second-order valence-electron chi connectivity index (χ2n) is 16.2. The van der Waals surface area contributed by atoms with Crippen molar-refractivity contribution in [3.05, 3.63) is 196 Å². The number of hydrogen-bond donors (Lipinski definition) is 3. The molecule has 7 aliphatic rings. The first-order chi connectivity index (χ1) is 29.5. The molecule has 0 radical (unpaired) electrons. The third-order valence-corrected chi connectivity index (χ3v) is 12.8. The van der Waals surface area contributed by atoms with E-state index in [0.29, 0.717) is 5.92 Å². The lowest BCUT2D eigenvalue weighted by molar-refractivity contribution is 0.346. The van der Waals surface area contributed by atoms with Gasteiger partial charge in [-0.05, 0) is 118 Å². The van der Waals surface area contributed by atoms with Crippen molar-refractivity contribution in [1.82, 2.24) is 15.1 Å². The molecule has 0 saturated heterocycles. The van der Waals surface area contributed by atoms with E-state index in [1.54, 1.807) is 6.20 Å². The Bertz CT molecular complexity index is 2220. The van der Waals surface area contributed by atoms with Crippen molar-refractivity contribution < 1.29 is 0 Å². The van der Waals surface area contributed by atoms with E-state index in [4.69, 9.17) is 16.5 Å². The standard InChI is InChI=1S/C52H60N6.C2H6/c1-4-6-25-47(54)44-24-11-7-10-23-43(44)39-28-30-49-46(34-39)52-50(26-17-32-56-52)58(49)41-21-14-13-20-40(35-41)57-36(3)51(55-5-2)45-33-38(27-29-48(45)57)42-22-15-12-19-37(42)18-9-8-16-31-53;1-2/h4-6,8-10,12,15-17,19,21-23,25-31,33-35,43-46,48-49,56H,7,11,13-14,18,20,24,32,53-54H2,1-3H3;1-2H3/b6-4-,9-8-,31-16-,47-25-,55-5?;. The van der Waals surface area contributed by atoms with Crippen LogP contribution in [-0.2, 0) is 6.42 Å². The third kappa shape index (κ3) is 8.61. The van der Waals surface area contributed by atoms with Gasteiger partial charge in [-0.3, -0.25) is 4.99 Å². The Morgan fingerprint density at radius 3 is 2.57 bits per heavy atom. The van der Waals surface area contributed by atoms with Crippen molar-refractivity contribution >= 4 is 11.8 Å². The zero-order valence-corrected chi connectivity index (χ0v) is 36.5. The minimum atomic E-state index is 0.154. The Hall–Kier alpha value is -5.75. The topological polar surface area (TPSA) is 82.9 Å². The predicted octanol–water partition coefficient (Wildman–Crippen LogP) is 11.4. The van der Waals surface area contributed by atoms with Gasteiger partial charge in [-0.15, -0.1) is 0 Å². The summed E-state index contributed by atoms with van der Waals surface area (Å²) in [7, 11) is 0. The summed E-state index contributed by atoms with van der Waals surface area (Å²) in [5, 5.41) is 3.83. The molecule has 6 heteroatoms. The fourth-order valence-corrected chi connectivity index (χ4v) is 10.1. The van der Waals surface area contributed by atoms with E-state index < -0.39 is 0 Å². The van der Waals surface area contributed by atoms with E-state index >= 15 is 0 Å². The van der Waals surface area contributed by atoms with Crippen LogP contribution in [-0.4, -0.2) is 34.6 Å². The lowest BCUT2D eigenvalue weighted by atomic mass is 9.77. The van der Waals surface area contributed by atoms with Crippen LogP contribution in [0.2, 0.25) is 0 Å². The van der Waals surface area contributed by atoms with E-state index in [1.807, 2.05) is 39.1 Å². The summed E-state index contributed by atoms with van der Waals surface area (Å²) in [6.45, 7) is 11.2. The zero-order valence-electron chi connectivity index (χ0n) is 36.5. The Labute approximate surface area is 360 Å². The second-order valence-corrected chi connectivity index (χ2v) is 16.2. The number of allylic oxidation sites excluding steroid dienone is 18. The molecule has 1 aromatic rings. The molecule has 6 atom stereocenters. The fourth-order valence-electron chi connectivity index (χ4n) is 10.1. The van der Waals surface area contributed by atoms with Gasteiger partial charge in [0.25, 0.3) is 0 Å². The van der Waals surface area contributed by atoms with Crippen LogP contribution in [0.3, 0.4) is 0 Å². The first-order valence-electron chi connectivity index (χ1n) is 22.5. The van der Waals surface area contributed by atoms with Crippen LogP contribution in [0.4, 0.5) is 0 Å². The number of fused-ring (bicyclic) bond motifs is 3. The number of hydrogen-bond acceptors (Lipinski definition) is 6. The van der Waals surface area contributed by atoms with Gasteiger partial charge in [0.2, 0.25) is 0 Å². The predicted molar refractivity (Wildman–Crippen MR) is 255 cm³/mol. The van der Waals surface area contributed by atoms with Gasteiger partial charge in [-0.1, -0.05) is 123 Å². The lowest BCUT2D eigenvalue weighted by Gasteiger charge is -2.35. The van der Waals surface area contributed by atoms with E-state index in [0.717, 1.165) is 62.9 Å². The van der Waals surface area contributed by atoms with E-state index in [2.05, 4.69) is 150 Å². The van der Waals surface area contributed by atoms with Gasteiger partial charge in [0, 0.05) is 64.9 Å². The monoisotopic (exact) mass is 799 g/mol. The normalized spacial score (nSPS) is 27.7. The number of rotatable bonds is 10. The van der Waals surface area contributed by atoms with Gasteiger partial charge < -0.3 is 26.6 Å². The van der Waals surface area contributed by atoms with E-state index in [9.17, 15) is 0 Å². The van der Waals surface area contributed by atoms with Crippen LogP contribution in [0, 0.1) is 23.7 Å². The van der Waals surface area contributed by atoms with Crippen molar-refractivity contribution in [2.45, 2.75) is 91.6 Å². The quantitative estimate of drug-likeness (QED) is 0.125. The molecule has 3 aliphatic heterocycles. The Morgan fingerprint density at radius 2 is 1.73 bits per heavy atom. The molecule has 3 heterocycles. The third-order valence-electron chi connectivity index (χ3n) is 12.8. The van der Waals surface area contributed by atoms with Crippen molar-refractivity contribution in [3.63, 3.8) is 0 Å². The van der Waals surface area contributed by atoms with Gasteiger partial charge in [0.1, 0.15) is 0 Å². The van der Waals surface area contributed by atoms with Crippen LogP contribution in [0.15, 0.2) is 190 Å². The Kier molecular flexibility index (Phi) is 14.1. The number of nitrogens with one attached hydrogen (secondary N) is 1.